The summed E-state index contributed by atoms with van der Waals surface area (Å²) in [5, 5.41) is 0. The molecular formula is C23H29. The summed E-state index contributed by atoms with van der Waals surface area (Å²) in [6.07, 6.45) is 2.24. The molecule has 0 heteroatoms. The van der Waals surface area contributed by atoms with Crippen LogP contribution in [0.5, 0.6) is 0 Å². The standard InChI is InChI=1S/C12H16.C11H13/c1-10(2)11(3)9-12-7-5-4-6-8-12;1-9(2)10(3)11-7-5-4-6-8-11/h4-10H,1-3H3;4-8H,1H2,2-3H3. The lowest BCUT2D eigenvalue weighted by Crippen LogP contribution is -1.87. The summed E-state index contributed by atoms with van der Waals surface area (Å²) in [6, 6.07) is 20.8. The molecule has 0 saturated heterocycles. The van der Waals surface area contributed by atoms with E-state index in [1.54, 1.807) is 0 Å². The average Bonchev–Trinajstić information content (AvgIpc) is 2.56. The van der Waals surface area contributed by atoms with Crippen molar-refractivity contribution in [2.24, 2.45) is 5.92 Å². The molecule has 121 valence electrons. The molecule has 2 aromatic rings. The summed E-state index contributed by atoms with van der Waals surface area (Å²) in [5.41, 5.74) is 6.40. The largest absolute Gasteiger partial charge is 0.0702 e. The Morgan fingerprint density at radius 1 is 0.826 bits per heavy atom. The number of allylic oxidation sites excluding steroid dienone is 3. The van der Waals surface area contributed by atoms with E-state index in [9.17, 15) is 0 Å². The zero-order chi connectivity index (χ0) is 17.2. The van der Waals surface area contributed by atoms with Crippen molar-refractivity contribution < 1.29 is 0 Å². The van der Waals surface area contributed by atoms with Crippen LogP contribution in [-0.2, 0) is 0 Å². The molecule has 0 aromatic heterocycles. The van der Waals surface area contributed by atoms with E-state index in [-0.39, 0.29) is 0 Å². The van der Waals surface area contributed by atoms with E-state index in [1.807, 2.05) is 31.2 Å². The van der Waals surface area contributed by atoms with E-state index in [0.29, 0.717) is 5.92 Å². The molecule has 0 saturated carbocycles. The lowest BCUT2D eigenvalue weighted by atomic mass is 10.0. The summed E-state index contributed by atoms with van der Waals surface area (Å²) < 4.78 is 0. The van der Waals surface area contributed by atoms with Crippen LogP contribution >= 0.6 is 0 Å². The Morgan fingerprint density at radius 3 is 1.74 bits per heavy atom. The van der Waals surface area contributed by atoms with Gasteiger partial charge in [0.25, 0.3) is 0 Å². The van der Waals surface area contributed by atoms with Crippen molar-refractivity contribution in [3.05, 3.63) is 89.9 Å². The van der Waals surface area contributed by atoms with E-state index in [0.717, 1.165) is 5.57 Å². The van der Waals surface area contributed by atoms with Gasteiger partial charge in [0.15, 0.2) is 0 Å². The van der Waals surface area contributed by atoms with Crippen molar-refractivity contribution in [3.63, 3.8) is 0 Å². The van der Waals surface area contributed by atoms with E-state index in [2.05, 4.69) is 77.1 Å². The molecule has 23 heavy (non-hydrogen) atoms. The highest BCUT2D eigenvalue weighted by molar-refractivity contribution is 5.66. The second-order valence-corrected chi connectivity index (χ2v) is 6.23. The Kier molecular flexibility index (Phi) is 8.11. The molecule has 0 fully saturated rings. The van der Waals surface area contributed by atoms with Crippen LogP contribution in [0.2, 0.25) is 0 Å². The molecule has 0 bridgehead atoms. The highest BCUT2D eigenvalue weighted by atomic mass is 14.0. The van der Waals surface area contributed by atoms with Crippen LogP contribution in [0.1, 0.15) is 45.7 Å². The van der Waals surface area contributed by atoms with Crippen LogP contribution < -0.4 is 0 Å². The Labute approximate surface area is 142 Å². The Balaban J connectivity index is 0.000000231. The minimum Gasteiger partial charge on any atom is -0.0702 e. The Hall–Kier alpha value is -2.08. The molecule has 0 atom stereocenters. The maximum atomic E-state index is 3.89. The Bertz CT molecular complexity index is 624. The molecule has 0 N–H and O–H groups in total. The maximum Gasteiger partial charge on any atom is -0.0228 e. The molecule has 0 aliphatic rings. The molecular weight excluding hydrogens is 276 g/mol. The van der Waals surface area contributed by atoms with Gasteiger partial charge in [-0.25, -0.2) is 0 Å². The van der Waals surface area contributed by atoms with Crippen LogP contribution in [0.15, 0.2) is 71.8 Å². The first kappa shape index (κ1) is 19.0. The SMILES string of the molecule is CC(=Cc1ccccc1)C(C)C.[CH2]C(C)=C(C)c1ccccc1. The molecule has 0 aliphatic carbocycles. The minimum absolute atomic E-state index is 0.644. The number of benzene rings is 2. The molecule has 1 radical (unpaired) electrons. The second kappa shape index (κ2) is 9.84. The third kappa shape index (κ3) is 7.15. The molecule has 0 heterocycles. The number of rotatable bonds is 3. The van der Waals surface area contributed by atoms with Gasteiger partial charge in [-0.2, -0.15) is 0 Å². The second-order valence-electron chi connectivity index (χ2n) is 6.23. The molecule has 2 aromatic carbocycles. The van der Waals surface area contributed by atoms with Crippen molar-refractivity contribution in [3.8, 4) is 0 Å². The van der Waals surface area contributed by atoms with E-state index < -0.39 is 0 Å². The topological polar surface area (TPSA) is 0 Å². The third-order valence-electron chi connectivity index (χ3n) is 3.95. The van der Waals surface area contributed by atoms with E-state index >= 15 is 0 Å². The van der Waals surface area contributed by atoms with Crippen molar-refractivity contribution in [1.82, 2.24) is 0 Å². The lowest BCUT2D eigenvalue weighted by molar-refractivity contribution is 0.776. The predicted molar refractivity (Wildman–Crippen MR) is 105 cm³/mol. The first-order chi connectivity index (χ1) is 10.9. The first-order valence-corrected chi connectivity index (χ1v) is 8.20. The minimum atomic E-state index is 0.644. The van der Waals surface area contributed by atoms with Crippen LogP contribution in [0.4, 0.5) is 0 Å². The number of hydrogen-bond donors (Lipinski definition) is 0. The highest BCUT2D eigenvalue weighted by Gasteiger charge is 1.95. The van der Waals surface area contributed by atoms with Gasteiger partial charge in [-0.1, -0.05) is 91.7 Å². The summed E-state index contributed by atoms with van der Waals surface area (Å²) in [5.74, 6) is 0.644. The molecule has 0 unspecified atom stereocenters. The first-order valence-electron chi connectivity index (χ1n) is 8.20. The van der Waals surface area contributed by atoms with E-state index in [4.69, 9.17) is 0 Å². The quantitative estimate of drug-likeness (QED) is 0.569. The predicted octanol–water partition coefficient (Wildman–Crippen LogP) is 7.06. The fourth-order valence-electron chi connectivity index (χ4n) is 1.91. The monoisotopic (exact) mass is 305 g/mol. The van der Waals surface area contributed by atoms with Gasteiger partial charge in [-0.05, 0) is 50.3 Å². The van der Waals surface area contributed by atoms with Crippen LogP contribution in [-0.4, -0.2) is 0 Å². The van der Waals surface area contributed by atoms with Crippen molar-refractivity contribution in [2.45, 2.75) is 34.6 Å². The summed E-state index contributed by atoms with van der Waals surface area (Å²) in [6.45, 7) is 14.6. The van der Waals surface area contributed by atoms with Gasteiger partial charge in [0.2, 0.25) is 0 Å². The zero-order valence-electron chi connectivity index (χ0n) is 15.1. The van der Waals surface area contributed by atoms with Crippen LogP contribution in [0, 0.1) is 12.8 Å². The van der Waals surface area contributed by atoms with Gasteiger partial charge >= 0.3 is 0 Å². The number of hydrogen-bond acceptors (Lipinski definition) is 0. The van der Waals surface area contributed by atoms with Gasteiger partial charge in [0.1, 0.15) is 0 Å². The van der Waals surface area contributed by atoms with Gasteiger partial charge in [-0.15, -0.1) is 0 Å². The molecule has 0 amide bonds. The highest BCUT2D eigenvalue weighted by Crippen LogP contribution is 2.16. The smallest absolute Gasteiger partial charge is 0.0228 e. The fraction of sp³-hybridized carbons (Fsp3) is 0.261. The van der Waals surface area contributed by atoms with Gasteiger partial charge in [-0.3, -0.25) is 0 Å². The third-order valence-corrected chi connectivity index (χ3v) is 3.95. The fourth-order valence-corrected chi connectivity index (χ4v) is 1.91. The molecule has 0 nitrogen and oxygen atoms in total. The molecule has 0 spiro atoms. The Morgan fingerprint density at radius 2 is 1.30 bits per heavy atom. The van der Waals surface area contributed by atoms with Gasteiger partial charge < -0.3 is 0 Å². The summed E-state index contributed by atoms with van der Waals surface area (Å²) >= 11 is 0. The lowest BCUT2D eigenvalue weighted by Gasteiger charge is -2.04. The van der Waals surface area contributed by atoms with Crippen molar-refractivity contribution >= 4 is 11.6 Å². The van der Waals surface area contributed by atoms with Gasteiger partial charge in [0, 0.05) is 0 Å². The van der Waals surface area contributed by atoms with E-state index in [1.165, 1.54) is 22.3 Å². The average molecular weight is 305 g/mol. The van der Waals surface area contributed by atoms with Crippen molar-refractivity contribution in [1.29, 1.82) is 0 Å². The zero-order valence-corrected chi connectivity index (χ0v) is 15.1. The maximum absolute atomic E-state index is 3.89. The summed E-state index contributed by atoms with van der Waals surface area (Å²) in [4.78, 5) is 0. The summed E-state index contributed by atoms with van der Waals surface area (Å²) in [7, 11) is 0. The van der Waals surface area contributed by atoms with Crippen LogP contribution in [0.25, 0.3) is 11.6 Å². The molecule has 2 rings (SSSR count). The van der Waals surface area contributed by atoms with Crippen LogP contribution in [0.3, 0.4) is 0 Å². The molecule has 0 aliphatic heterocycles. The normalized spacial score (nSPS) is 12.4. The van der Waals surface area contributed by atoms with Gasteiger partial charge in [0.05, 0.1) is 0 Å². The van der Waals surface area contributed by atoms with Crippen molar-refractivity contribution in [2.75, 3.05) is 0 Å².